The average Bonchev–Trinajstić information content (AvgIpc) is 2.46. The van der Waals surface area contributed by atoms with Gasteiger partial charge in [-0.3, -0.25) is 0 Å². The fraction of sp³-hybridized carbons (Fsp3) is 0.474. The molecule has 0 aromatic carbocycles. The van der Waals surface area contributed by atoms with Crippen molar-refractivity contribution in [3.63, 3.8) is 0 Å². The Morgan fingerprint density at radius 3 is 2.43 bits per heavy atom. The van der Waals surface area contributed by atoms with Crippen LogP contribution in [0.1, 0.15) is 59.3 Å². The Morgan fingerprint density at radius 1 is 1.10 bits per heavy atom. The summed E-state index contributed by atoms with van der Waals surface area (Å²) in [5, 5.41) is 18.0. The minimum absolute atomic E-state index is 0.623. The van der Waals surface area contributed by atoms with Crippen LogP contribution in [-0.4, -0.2) is 0 Å². The summed E-state index contributed by atoms with van der Waals surface area (Å²) < 4.78 is 0. The van der Waals surface area contributed by atoms with Crippen molar-refractivity contribution in [1.29, 1.82) is 10.5 Å². The smallest absolute Gasteiger partial charge is 0.0961 e. The van der Waals surface area contributed by atoms with Gasteiger partial charge in [-0.15, -0.1) is 0 Å². The molecule has 0 aromatic rings. The normalized spacial score (nSPS) is 15.1. The van der Waals surface area contributed by atoms with Crippen LogP contribution in [0, 0.1) is 22.7 Å². The maximum atomic E-state index is 9.06. The van der Waals surface area contributed by atoms with Crippen molar-refractivity contribution in [2.45, 2.75) is 59.3 Å². The lowest BCUT2D eigenvalue weighted by Gasteiger charge is -2.12. The Bertz CT molecular complexity index is 568. The Kier molecular flexibility index (Phi) is 7.27. The maximum absolute atomic E-state index is 9.06. The number of hydrogen-bond acceptors (Lipinski definition) is 2. The first-order chi connectivity index (χ1) is 10.1. The van der Waals surface area contributed by atoms with Gasteiger partial charge in [-0.1, -0.05) is 34.9 Å². The van der Waals surface area contributed by atoms with Crippen LogP contribution in [0.15, 0.2) is 46.1 Å². The number of allylic oxidation sites excluding steroid dienone is 8. The summed E-state index contributed by atoms with van der Waals surface area (Å²) in [6.45, 7) is 6.44. The van der Waals surface area contributed by atoms with Gasteiger partial charge >= 0.3 is 0 Å². The molecule has 0 saturated carbocycles. The molecule has 0 spiro atoms. The fourth-order valence-electron chi connectivity index (χ4n) is 2.38. The molecule has 0 amide bonds. The third-order valence-electron chi connectivity index (χ3n) is 3.68. The van der Waals surface area contributed by atoms with Crippen molar-refractivity contribution in [3.05, 3.63) is 46.1 Å². The van der Waals surface area contributed by atoms with E-state index in [9.17, 15) is 0 Å². The van der Waals surface area contributed by atoms with Gasteiger partial charge in [0.15, 0.2) is 0 Å². The molecule has 2 nitrogen and oxygen atoms in total. The van der Waals surface area contributed by atoms with E-state index in [1.165, 1.54) is 16.7 Å². The second kappa shape index (κ2) is 8.98. The Balaban J connectivity index is 2.41. The van der Waals surface area contributed by atoms with Gasteiger partial charge in [-0.2, -0.15) is 10.5 Å². The predicted octanol–water partition coefficient (Wildman–Crippen LogP) is 5.52. The SMILES string of the molecule is CC(C)=CCCC(C)=CCCC1=CCC(C#N)=C(C#N)C1. The number of nitriles is 2. The first-order valence-corrected chi connectivity index (χ1v) is 7.56. The van der Waals surface area contributed by atoms with Crippen molar-refractivity contribution in [3.8, 4) is 12.1 Å². The van der Waals surface area contributed by atoms with E-state index in [0.29, 0.717) is 24.0 Å². The van der Waals surface area contributed by atoms with E-state index >= 15 is 0 Å². The standard InChI is InChI=1S/C19H24N2/c1-15(2)6-4-7-16(3)8-5-9-17-10-11-18(13-20)19(12-17)14-21/h6,8,10H,4-5,7,9,11-12H2,1-3H3. The fourth-order valence-corrected chi connectivity index (χ4v) is 2.38. The molecule has 0 N–H and O–H groups in total. The first kappa shape index (κ1) is 17.0. The Morgan fingerprint density at radius 2 is 1.81 bits per heavy atom. The molecule has 110 valence electrons. The summed E-state index contributed by atoms with van der Waals surface area (Å²) in [6, 6.07) is 4.29. The number of rotatable bonds is 6. The molecule has 0 aromatic heterocycles. The lowest BCUT2D eigenvalue weighted by Crippen LogP contribution is -1.98. The van der Waals surface area contributed by atoms with Crippen molar-refractivity contribution in [2.75, 3.05) is 0 Å². The summed E-state index contributed by atoms with van der Waals surface area (Å²) in [6.07, 6.45) is 12.2. The molecule has 0 heterocycles. The molecule has 0 atom stereocenters. The minimum Gasteiger partial charge on any atom is -0.193 e. The van der Waals surface area contributed by atoms with Crippen LogP contribution in [0.25, 0.3) is 0 Å². The van der Waals surface area contributed by atoms with Gasteiger partial charge in [-0.05, 0) is 46.5 Å². The highest BCUT2D eigenvalue weighted by Gasteiger charge is 2.13. The van der Waals surface area contributed by atoms with Crippen LogP contribution in [0.2, 0.25) is 0 Å². The molecular formula is C19H24N2. The lowest BCUT2D eigenvalue weighted by molar-refractivity contribution is 0.875. The summed E-state index contributed by atoms with van der Waals surface area (Å²) in [5.74, 6) is 0. The summed E-state index contributed by atoms with van der Waals surface area (Å²) in [4.78, 5) is 0. The van der Waals surface area contributed by atoms with E-state index in [1.54, 1.807) is 0 Å². The molecule has 2 heteroatoms. The van der Waals surface area contributed by atoms with E-state index in [-0.39, 0.29) is 0 Å². The van der Waals surface area contributed by atoms with E-state index in [4.69, 9.17) is 10.5 Å². The number of hydrogen-bond donors (Lipinski definition) is 0. The number of nitrogens with zero attached hydrogens (tertiary/aromatic N) is 2. The van der Waals surface area contributed by atoms with Crippen LogP contribution in [0.3, 0.4) is 0 Å². The molecule has 0 saturated heterocycles. The van der Waals surface area contributed by atoms with E-state index in [2.05, 4.69) is 51.1 Å². The Hall–Kier alpha value is -2.06. The highest BCUT2D eigenvalue weighted by molar-refractivity contribution is 5.44. The zero-order valence-corrected chi connectivity index (χ0v) is 13.4. The lowest BCUT2D eigenvalue weighted by atomic mass is 9.90. The third-order valence-corrected chi connectivity index (χ3v) is 3.68. The zero-order valence-electron chi connectivity index (χ0n) is 13.4. The predicted molar refractivity (Wildman–Crippen MR) is 87.2 cm³/mol. The van der Waals surface area contributed by atoms with Crippen molar-refractivity contribution >= 4 is 0 Å². The van der Waals surface area contributed by atoms with Gasteiger partial charge in [0.2, 0.25) is 0 Å². The highest BCUT2D eigenvalue weighted by Crippen LogP contribution is 2.26. The molecule has 0 bridgehead atoms. The molecule has 0 aliphatic heterocycles. The molecule has 0 fully saturated rings. The van der Waals surface area contributed by atoms with E-state index in [0.717, 1.165) is 25.7 Å². The molecule has 1 aliphatic rings. The topological polar surface area (TPSA) is 47.6 Å². The minimum atomic E-state index is 0.623. The van der Waals surface area contributed by atoms with E-state index in [1.807, 2.05) is 0 Å². The van der Waals surface area contributed by atoms with Gasteiger partial charge in [-0.25, -0.2) is 0 Å². The second-order valence-corrected chi connectivity index (χ2v) is 5.83. The Labute approximate surface area is 128 Å². The largest absolute Gasteiger partial charge is 0.193 e. The summed E-state index contributed by atoms with van der Waals surface area (Å²) >= 11 is 0. The van der Waals surface area contributed by atoms with Gasteiger partial charge in [0.25, 0.3) is 0 Å². The summed E-state index contributed by atoms with van der Waals surface area (Å²) in [5.41, 5.74) is 5.38. The molecule has 0 unspecified atom stereocenters. The molecule has 1 aliphatic carbocycles. The van der Waals surface area contributed by atoms with Crippen molar-refractivity contribution in [1.82, 2.24) is 0 Å². The van der Waals surface area contributed by atoms with Crippen LogP contribution >= 0.6 is 0 Å². The van der Waals surface area contributed by atoms with Gasteiger partial charge in [0.05, 0.1) is 12.1 Å². The third kappa shape index (κ3) is 6.28. The van der Waals surface area contributed by atoms with Gasteiger partial charge in [0.1, 0.15) is 0 Å². The molecule has 0 radical (unpaired) electrons. The zero-order chi connectivity index (χ0) is 15.7. The highest BCUT2D eigenvalue weighted by atomic mass is 14.3. The van der Waals surface area contributed by atoms with Crippen LogP contribution < -0.4 is 0 Å². The van der Waals surface area contributed by atoms with E-state index < -0.39 is 0 Å². The quantitative estimate of drug-likeness (QED) is 0.601. The molecular weight excluding hydrogens is 256 g/mol. The van der Waals surface area contributed by atoms with Gasteiger partial charge < -0.3 is 0 Å². The van der Waals surface area contributed by atoms with Crippen LogP contribution in [0.4, 0.5) is 0 Å². The van der Waals surface area contributed by atoms with Crippen LogP contribution in [-0.2, 0) is 0 Å². The summed E-state index contributed by atoms with van der Waals surface area (Å²) in [7, 11) is 0. The maximum Gasteiger partial charge on any atom is 0.0961 e. The average molecular weight is 280 g/mol. The second-order valence-electron chi connectivity index (χ2n) is 5.83. The molecule has 1 rings (SSSR count). The van der Waals surface area contributed by atoms with Crippen LogP contribution in [0.5, 0.6) is 0 Å². The molecule has 21 heavy (non-hydrogen) atoms. The first-order valence-electron chi connectivity index (χ1n) is 7.56. The monoisotopic (exact) mass is 280 g/mol. The van der Waals surface area contributed by atoms with Crippen molar-refractivity contribution < 1.29 is 0 Å². The van der Waals surface area contributed by atoms with Crippen molar-refractivity contribution in [2.24, 2.45) is 0 Å². The van der Waals surface area contributed by atoms with Gasteiger partial charge in [0, 0.05) is 24.0 Å².